The number of carbonyl (C=O) groups is 2. The fraction of sp³-hybridized carbons (Fsp3) is 0.556. The second-order valence-corrected chi connectivity index (χ2v) is 6.68. The fourth-order valence-electron chi connectivity index (χ4n) is 3.25. The van der Waals surface area contributed by atoms with Crippen molar-refractivity contribution in [3.8, 4) is 0 Å². The normalized spacial score (nSPS) is 19.8. The molecule has 0 aromatic heterocycles. The van der Waals surface area contributed by atoms with Gasteiger partial charge in [-0.3, -0.25) is 9.59 Å². The first-order valence-corrected chi connectivity index (χ1v) is 8.57. The highest BCUT2D eigenvalue weighted by molar-refractivity contribution is 5.81. The second-order valence-electron chi connectivity index (χ2n) is 6.68. The lowest BCUT2D eigenvalue weighted by molar-refractivity contribution is -0.143. The van der Waals surface area contributed by atoms with Gasteiger partial charge in [0, 0.05) is 32.1 Å². The average molecular weight is 333 g/mol. The number of benzene rings is 1. The molecule has 2 fully saturated rings. The van der Waals surface area contributed by atoms with E-state index in [9.17, 15) is 14.0 Å². The predicted molar refractivity (Wildman–Crippen MR) is 88.8 cm³/mol. The topological polar surface area (TPSA) is 52.7 Å². The summed E-state index contributed by atoms with van der Waals surface area (Å²) in [6, 6.07) is 6.36. The molecule has 2 aliphatic heterocycles. The Morgan fingerprint density at radius 3 is 2.38 bits per heavy atom. The summed E-state index contributed by atoms with van der Waals surface area (Å²) in [5, 5.41) is 3.20. The summed E-state index contributed by atoms with van der Waals surface area (Å²) in [5.41, 5.74) is 0.423. The van der Waals surface area contributed by atoms with Gasteiger partial charge in [0.05, 0.1) is 6.42 Å². The molecule has 2 amide bonds. The van der Waals surface area contributed by atoms with E-state index in [1.807, 2.05) is 11.8 Å². The van der Waals surface area contributed by atoms with Crippen molar-refractivity contribution in [2.45, 2.75) is 13.3 Å². The van der Waals surface area contributed by atoms with Gasteiger partial charge in [-0.25, -0.2) is 4.39 Å². The second kappa shape index (κ2) is 7.30. The minimum atomic E-state index is -0.345. The molecule has 0 radical (unpaired) electrons. The SMILES string of the molecule is CC(C(=O)N1CCN(C(=O)Cc2ccccc2F)CC1)C1CNC1. The molecule has 2 saturated heterocycles. The van der Waals surface area contributed by atoms with Crippen LogP contribution in [-0.2, 0) is 16.0 Å². The molecule has 24 heavy (non-hydrogen) atoms. The van der Waals surface area contributed by atoms with Crippen molar-refractivity contribution in [3.05, 3.63) is 35.6 Å². The number of carbonyl (C=O) groups excluding carboxylic acids is 2. The van der Waals surface area contributed by atoms with Gasteiger partial charge in [0.25, 0.3) is 0 Å². The molecule has 0 saturated carbocycles. The van der Waals surface area contributed by atoms with Crippen LogP contribution in [0.25, 0.3) is 0 Å². The molecule has 1 aromatic carbocycles. The van der Waals surface area contributed by atoms with Crippen molar-refractivity contribution in [3.63, 3.8) is 0 Å². The number of nitrogens with zero attached hydrogens (tertiary/aromatic N) is 2. The lowest BCUT2D eigenvalue weighted by atomic mass is 9.88. The number of halogens is 1. The van der Waals surface area contributed by atoms with Crippen LogP contribution in [0.1, 0.15) is 12.5 Å². The van der Waals surface area contributed by atoms with Crippen molar-refractivity contribution in [2.75, 3.05) is 39.3 Å². The Balaban J connectivity index is 1.50. The lowest BCUT2D eigenvalue weighted by Gasteiger charge is -2.39. The van der Waals surface area contributed by atoms with Gasteiger partial charge < -0.3 is 15.1 Å². The van der Waals surface area contributed by atoms with Crippen LogP contribution in [0.2, 0.25) is 0 Å². The molecule has 2 heterocycles. The maximum Gasteiger partial charge on any atom is 0.227 e. The molecule has 1 N–H and O–H groups in total. The van der Waals surface area contributed by atoms with Crippen LogP contribution >= 0.6 is 0 Å². The Kier molecular flexibility index (Phi) is 5.14. The summed E-state index contributed by atoms with van der Waals surface area (Å²) in [4.78, 5) is 28.4. The summed E-state index contributed by atoms with van der Waals surface area (Å²) in [5.74, 6) is 0.221. The zero-order valence-electron chi connectivity index (χ0n) is 14.0. The van der Waals surface area contributed by atoms with Crippen molar-refractivity contribution < 1.29 is 14.0 Å². The molecular weight excluding hydrogens is 309 g/mol. The minimum absolute atomic E-state index is 0.0342. The van der Waals surface area contributed by atoms with Crippen LogP contribution in [-0.4, -0.2) is 60.9 Å². The Morgan fingerprint density at radius 1 is 1.17 bits per heavy atom. The third-order valence-electron chi connectivity index (χ3n) is 5.15. The van der Waals surface area contributed by atoms with Crippen molar-refractivity contribution >= 4 is 11.8 Å². The first kappa shape index (κ1) is 16.9. The van der Waals surface area contributed by atoms with Crippen LogP contribution in [0.3, 0.4) is 0 Å². The van der Waals surface area contributed by atoms with E-state index in [-0.39, 0.29) is 30.0 Å². The van der Waals surface area contributed by atoms with Gasteiger partial charge in [-0.1, -0.05) is 25.1 Å². The first-order valence-electron chi connectivity index (χ1n) is 8.57. The standard InChI is InChI=1S/C18H24FN3O2/c1-13(15-11-20-12-15)18(24)22-8-6-21(7-9-22)17(23)10-14-4-2-3-5-16(14)19/h2-5,13,15,20H,6-12H2,1H3. The zero-order chi connectivity index (χ0) is 17.1. The summed E-state index contributed by atoms with van der Waals surface area (Å²) in [6.45, 7) is 5.98. The molecular formula is C18H24FN3O2. The number of piperazine rings is 1. The van der Waals surface area contributed by atoms with Crippen LogP contribution < -0.4 is 5.32 Å². The molecule has 6 heteroatoms. The van der Waals surface area contributed by atoms with Gasteiger partial charge in [-0.2, -0.15) is 0 Å². The summed E-state index contributed by atoms with van der Waals surface area (Å²) < 4.78 is 13.7. The van der Waals surface area contributed by atoms with Crippen molar-refractivity contribution in [2.24, 2.45) is 11.8 Å². The molecule has 1 atom stereocenters. The van der Waals surface area contributed by atoms with Crippen molar-refractivity contribution in [1.29, 1.82) is 0 Å². The quantitative estimate of drug-likeness (QED) is 0.891. The molecule has 0 aliphatic carbocycles. The molecule has 3 rings (SSSR count). The highest BCUT2D eigenvalue weighted by Gasteiger charge is 2.33. The number of hydrogen-bond donors (Lipinski definition) is 1. The molecule has 1 aromatic rings. The molecule has 0 bridgehead atoms. The molecule has 130 valence electrons. The number of rotatable bonds is 4. The Hall–Kier alpha value is -1.95. The molecule has 2 aliphatic rings. The predicted octanol–water partition coefficient (Wildman–Crippen LogP) is 0.894. The highest BCUT2D eigenvalue weighted by atomic mass is 19.1. The fourth-order valence-corrected chi connectivity index (χ4v) is 3.25. The number of amides is 2. The lowest BCUT2D eigenvalue weighted by Crippen LogP contribution is -2.55. The van der Waals surface area contributed by atoms with E-state index < -0.39 is 0 Å². The van der Waals surface area contributed by atoms with E-state index in [0.717, 1.165) is 13.1 Å². The summed E-state index contributed by atoms with van der Waals surface area (Å²) in [6.07, 6.45) is 0.0742. The zero-order valence-corrected chi connectivity index (χ0v) is 14.0. The van der Waals surface area contributed by atoms with Gasteiger partial charge in [0.2, 0.25) is 11.8 Å². The maximum atomic E-state index is 13.7. The average Bonchev–Trinajstić information content (AvgIpc) is 2.54. The van der Waals surface area contributed by atoms with Gasteiger partial charge in [0.15, 0.2) is 0 Å². The van der Waals surface area contributed by atoms with Crippen LogP contribution in [0.5, 0.6) is 0 Å². The largest absolute Gasteiger partial charge is 0.339 e. The van der Waals surface area contributed by atoms with Gasteiger partial charge in [-0.15, -0.1) is 0 Å². The monoisotopic (exact) mass is 333 g/mol. The van der Waals surface area contributed by atoms with Crippen LogP contribution in [0.4, 0.5) is 4.39 Å². The van der Waals surface area contributed by atoms with Gasteiger partial charge in [-0.05, 0) is 30.6 Å². The first-order chi connectivity index (χ1) is 11.6. The Labute approximate surface area is 141 Å². The summed E-state index contributed by atoms with van der Waals surface area (Å²) in [7, 11) is 0. The van der Waals surface area contributed by atoms with Crippen LogP contribution in [0, 0.1) is 17.7 Å². The van der Waals surface area contributed by atoms with E-state index in [1.54, 1.807) is 23.1 Å². The summed E-state index contributed by atoms with van der Waals surface area (Å²) >= 11 is 0. The van der Waals surface area contributed by atoms with E-state index in [0.29, 0.717) is 37.7 Å². The molecule has 0 spiro atoms. The molecule has 5 nitrogen and oxygen atoms in total. The smallest absolute Gasteiger partial charge is 0.227 e. The third kappa shape index (κ3) is 3.59. The van der Waals surface area contributed by atoms with Crippen LogP contribution in [0.15, 0.2) is 24.3 Å². The van der Waals surface area contributed by atoms with E-state index >= 15 is 0 Å². The number of hydrogen-bond acceptors (Lipinski definition) is 3. The Bertz CT molecular complexity index is 610. The maximum absolute atomic E-state index is 13.7. The van der Waals surface area contributed by atoms with E-state index in [1.165, 1.54) is 6.07 Å². The molecule has 1 unspecified atom stereocenters. The van der Waals surface area contributed by atoms with Gasteiger partial charge in [0.1, 0.15) is 5.82 Å². The van der Waals surface area contributed by atoms with E-state index in [4.69, 9.17) is 0 Å². The van der Waals surface area contributed by atoms with Crippen molar-refractivity contribution in [1.82, 2.24) is 15.1 Å². The number of nitrogens with one attached hydrogen (secondary N) is 1. The minimum Gasteiger partial charge on any atom is -0.339 e. The highest BCUT2D eigenvalue weighted by Crippen LogP contribution is 2.19. The van der Waals surface area contributed by atoms with E-state index in [2.05, 4.69) is 5.32 Å². The van der Waals surface area contributed by atoms with Gasteiger partial charge >= 0.3 is 0 Å². The Morgan fingerprint density at radius 2 is 1.79 bits per heavy atom. The third-order valence-corrected chi connectivity index (χ3v) is 5.15.